The van der Waals surface area contributed by atoms with E-state index >= 15 is 0 Å². The maximum absolute atomic E-state index is 12.4. The Labute approximate surface area is 168 Å². The van der Waals surface area contributed by atoms with E-state index in [2.05, 4.69) is 32.4 Å². The van der Waals surface area contributed by atoms with Crippen LogP contribution in [-0.4, -0.2) is 78.5 Å². The number of piperidine rings is 1. The maximum Gasteiger partial charge on any atom is 0.325 e. The number of urea groups is 1. The number of imide groups is 1. The van der Waals surface area contributed by atoms with Crippen LogP contribution in [0.1, 0.15) is 46.5 Å². The molecule has 1 atom stereocenters. The summed E-state index contributed by atoms with van der Waals surface area (Å²) in [6.45, 7) is 14.3. The quantitative estimate of drug-likeness (QED) is 0.181. The van der Waals surface area contributed by atoms with E-state index in [0.29, 0.717) is 32.0 Å². The van der Waals surface area contributed by atoms with Gasteiger partial charge in [-0.25, -0.2) is 4.79 Å². The number of aliphatic imine (C=N–C) groups is 1. The molecule has 3 amide bonds. The summed E-state index contributed by atoms with van der Waals surface area (Å²) in [7, 11) is 0. The van der Waals surface area contributed by atoms with Gasteiger partial charge in [0.2, 0.25) is 0 Å². The van der Waals surface area contributed by atoms with Crippen LogP contribution in [0.5, 0.6) is 0 Å². The third kappa shape index (κ3) is 5.70. The lowest BCUT2D eigenvalue weighted by Crippen LogP contribution is -2.48. The Bertz CT molecular complexity index is 585. The largest absolute Gasteiger partial charge is 0.357 e. The average Bonchev–Trinajstić information content (AvgIpc) is 2.90. The van der Waals surface area contributed by atoms with Gasteiger partial charge in [-0.15, -0.1) is 6.58 Å². The van der Waals surface area contributed by atoms with Crippen molar-refractivity contribution in [3.63, 3.8) is 0 Å². The molecule has 2 rings (SSSR count). The van der Waals surface area contributed by atoms with Gasteiger partial charge in [-0.05, 0) is 39.5 Å². The van der Waals surface area contributed by atoms with E-state index in [4.69, 9.17) is 0 Å². The first kappa shape index (κ1) is 22.2. The van der Waals surface area contributed by atoms with Gasteiger partial charge in [0.25, 0.3) is 5.91 Å². The number of nitrogens with one attached hydrogen (secondary N) is 3. The molecule has 1 unspecified atom stereocenters. The summed E-state index contributed by atoms with van der Waals surface area (Å²) in [5.74, 6) is 0.667. The van der Waals surface area contributed by atoms with E-state index in [1.807, 2.05) is 19.9 Å². The molecule has 0 aliphatic carbocycles. The summed E-state index contributed by atoms with van der Waals surface area (Å²) < 4.78 is 0. The zero-order valence-electron chi connectivity index (χ0n) is 17.6. The molecule has 0 bridgehead atoms. The Morgan fingerprint density at radius 2 is 2.07 bits per heavy atom. The van der Waals surface area contributed by atoms with Crippen molar-refractivity contribution in [2.45, 2.75) is 58.0 Å². The van der Waals surface area contributed by atoms with E-state index in [1.165, 1.54) is 4.90 Å². The summed E-state index contributed by atoms with van der Waals surface area (Å²) in [6, 6.07) is 0.115. The normalized spacial score (nSPS) is 24.4. The van der Waals surface area contributed by atoms with Crippen molar-refractivity contribution >= 4 is 17.9 Å². The minimum absolute atomic E-state index is 0.139. The van der Waals surface area contributed by atoms with E-state index in [9.17, 15) is 9.59 Å². The molecule has 0 aromatic carbocycles. The van der Waals surface area contributed by atoms with Crippen LogP contribution in [0.2, 0.25) is 0 Å². The van der Waals surface area contributed by atoms with Gasteiger partial charge in [0.05, 0.1) is 0 Å². The van der Waals surface area contributed by atoms with Crippen molar-refractivity contribution in [3.05, 3.63) is 12.7 Å². The molecular weight excluding hydrogens is 356 g/mol. The number of guanidine groups is 1. The van der Waals surface area contributed by atoms with Gasteiger partial charge in [0.1, 0.15) is 5.54 Å². The first-order valence-corrected chi connectivity index (χ1v) is 10.5. The second-order valence-corrected chi connectivity index (χ2v) is 7.69. The Morgan fingerprint density at radius 3 is 2.64 bits per heavy atom. The van der Waals surface area contributed by atoms with Crippen LogP contribution in [0.4, 0.5) is 4.79 Å². The predicted molar refractivity (Wildman–Crippen MR) is 112 cm³/mol. The number of rotatable bonds is 9. The second kappa shape index (κ2) is 10.5. The fourth-order valence-electron chi connectivity index (χ4n) is 3.57. The van der Waals surface area contributed by atoms with Crippen molar-refractivity contribution in [2.75, 3.05) is 39.3 Å². The molecule has 0 aromatic heterocycles. The lowest BCUT2D eigenvalue weighted by atomic mass is 9.99. The highest BCUT2D eigenvalue weighted by Gasteiger charge is 2.45. The Hall–Kier alpha value is -2.09. The van der Waals surface area contributed by atoms with Gasteiger partial charge >= 0.3 is 6.03 Å². The zero-order valence-corrected chi connectivity index (χ0v) is 17.6. The highest BCUT2D eigenvalue weighted by Crippen LogP contribution is 2.20. The molecule has 0 saturated carbocycles. The summed E-state index contributed by atoms with van der Waals surface area (Å²) in [5.41, 5.74) is -0.767. The van der Waals surface area contributed by atoms with Crippen LogP contribution < -0.4 is 16.0 Å². The number of carbonyl (C=O) groups excluding carboxylic acids is 2. The molecule has 2 aliphatic rings. The third-order valence-corrected chi connectivity index (χ3v) is 5.52. The summed E-state index contributed by atoms with van der Waals surface area (Å²) in [4.78, 5) is 32.8. The molecule has 2 saturated heterocycles. The average molecular weight is 393 g/mol. The van der Waals surface area contributed by atoms with Gasteiger partial charge in [0, 0.05) is 45.3 Å². The molecule has 2 fully saturated rings. The van der Waals surface area contributed by atoms with Gasteiger partial charge in [-0.1, -0.05) is 13.0 Å². The fraction of sp³-hybridized carbons (Fsp3) is 0.750. The molecule has 2 aliphatic heterocycles. The summed E-state index contributed by atoms with van der Waals surface area (Å²) >= 11 is 0. The van der Waals surface area contributed by atoms with Crippen LogP contribution >= 0.6 is 0 Å². The lowest BCUT2D eigenvalue weighted by molar-refractivity contribution is -0.130. The number of hydrogen-bond donors (Lipinski definition) is 3. The Kier molecular flexibility index (Phi) is 8.29. The van der Waals surface area contributed by atoms with Crippen molar-refractivity contribution in [3.8, 4) is 0 Å². The number of likely N-dealkylation sites (tertiary alicyclic amines) is 1. The van der Waals surface area contributed by atoms with E-state index in [1.54, 1.807) is 6.92 Å². The number of nitrogens with zero attached hydrogens (tertiary/aromatic N) is 3. The van der Waals surface area contributed by atoms with Crippen LogP contribution in [-0.2, 0) is 4.79 Å². The Balaban J connectivity index is 1.79. The van der Waals surface area contributed by atoms with Crippen molar-refractivity contribution in [2.24, 2.45) is 4.99 Å². The molecule has 2 heterocycles. The van der Waals surface area contributed by atoms with Crippen molar-refractivity contribution in [1.82, 2.24) is 25.8 Å². The van der Waals surface area contributed by atoms with Crippen LogP contribution in [0.3, 0.4) is 0 Å². The molecule has 0 aromatic rings. The number of carbonyl (C=O) groups is 2. The SMILES string of the molecule is C=CCN1CCC(NC(=NCCCN2C(=O)NC(C)(CC)C2=O)NCC)CC1. The fourth-order valence-corrected chi connectivity index (χ4v) is 3.57. The van der Waals surface area contributed by atoms with Gasteiger partial charge in [-0.3, -0.25) is 19.6 Å². The number of hydrogen-bond acceptors (Lipinski definition) is 4. The molecular formula is C20H36N6O2. The number of amides is 3. The van der Waals surface area contributed by atoms with Gasteiger partial charge in [0.15, 0.2) is 5.96 Å². The molecule has 8 nitrogen and oxygen atoms in total. The maximum atomic E-state index is 12.4. The van der Waals surface area contributed by atoms with Crippen LogP contribution in [0, 0.1) is 0 Å². The zero-order chi connectivity index (χ0) is 20.6. The summed E-state index contributed by atoms with van der Waals surface area (Å²) in [6.07, 6.45) is 5.35. The Morgan fingerprint density at radius 1 is 1.36 bits per heavy atom. The van der Waals surface area contributed by atoms with Crippen molar-refractivity contribution in [1.29, 1.82) is 0 Å². The molecule has 28 heavy (non-hydrogen) atoms. The van der Waals surface area contributed by atoms with E-state index < -0.39 is 5.54 Å². The smallest absolute Gasteiger partial charge is 0.325 e. The van der Waals surface area contributed by atoms with Gasteiger partial charge < -0.3 is 16.0 Å². The highest BCUT2D eigenvalue weighted by atomic mass is 16.2. The first-order valence-electron chi connectivity index (χ1n) is 10.5. The van der Waals surface area contributed by atoms with Gasteiger partial charge in [-0.2, -0.15) is 0 Å². The lowest BCUT2D eigenvalue weighted by Gasteiger charge is -2.32. The molecule has 0 spiro atoms. The third-order valence-electron chi connectivity index (χ3n) is 5.52. The minimum Gasteiger partial charge on any atom is -0.357 e. The van der Waals surface area contributed by atoms with Crippen LogP contribution in [0.15, 0.2) is 17.6 Å². The molecule has 3 N–H and O–H groups in total. The summed E-state index contributed by atoms with van der Waals surface area (Å²) in [5, 5.41) is 9.58. The van der Waals surface area contributed by atoms with Crippen molar-refractivity contribution < 1.29 is 9.59 Å². The molecule has 8 heteroatoms. The first-order chi connectivity index (χ1) is 13.4. The van der Waals surface area contributed by atoms with Crippen LogP contribution in [0.25, 0.3) is 0 Å². The molecule has 0 radical (unpaired) electrons. The molecule has 158 valence electrons. The van der Waals surface area contributed by atoms with E-state index in [0.717, 1.165) is 45.0 Å². The predicted octanol–water partition coefficient (Wildman–Crippen LogP) is 1.30. The monoisotopic (exact) mass is 392 g/mol. The second-order valence-electron chi connectivity index (χ2n) is 7.69. The topological polar surface area (TPSA) is 89.1 Å². The highest BCUT2D eigenvalue weighted by molar-refractivity contribution is 6.06. The minimum atomic E-state index is -0.767. The standard InChI is InChI=1S/C20H36N6O2/c1-5-12-25-14-9-16(10-15-25)23-18(21-7-3)22-11-8-13-26-17(27)20(4,6-2)24-19(26)28/h5,16H,1,6-15H2,2-4H3,(H,24,28)(H2,21,22,23). The van der Waals surface area contributed by atoms with E-state index in [-0.39, 0.29) is 11.9 Å².